The van der Waals surface area contributed by atoms with E-state index in [0.717, 1.165) is 0 Å². The number of para-hydroxylation sites is 1. The molecule has 0 saturated carbocycles. The summed E-state index contributed by atoms with van der Waals surface area (Å²) in [5.74, 6) is -0.0139. The van der Waals surface area contributed by atoms with E-state index in [-0.39, 0.29) is 11.4 Å². The fourth-order valence-electron chi connectivity index (χ4n) is 0.549. The van der Waals surface area contributed by atoms with Crippen molar-refractivity contribution in [2.45, 2.75) is 0 Å². The molecular formula is C6H6N2O5S. The highest BCUT2D eigenvalue weighted by Crippen LogP contribution is 2.23. The Morgan fingerprint density at radius 2 is 1.79 bits per heavy atom. The number of phenols is 1. The second kappa shape index (κ2) is 5.13. The molecule has 0 aromatic heterocycles. The number of diazo groups is 1. The summed E-state index contributed by atoms with van der Waals surface area (Å²) in [7, 11) is -4.92. The van der Waals surface area contributed by atoms with Gasteiger partial charge in [0.05, 0.1) is 0 Å². The van der Waals surface area contributed by atoms with Crippen molar-refractivity contribution in [2.75, 3.05) is 0 Å². The number of benzene rings is 1. The van der Waals surface area contributed by atoms with Crippen molar-refractivity contribution in [3.8, 4) is 5.75 Å². The van der Waals surface area contributed by atoms with E-state index in [9.17, 15) is 0 Å². The Hall–Kier alpha value is -1.69. The minimum absolute atomic E-state index is 0.0139. The van der Waals surface area contributed by atoms with Gasteiger partial charge in [-0.1, -0.05) is 12.1 Å². The predicted octanol–water partition coefficient (Wildman–Crippen LogP) is 0.881. The molecule has 0 bridgehead atoms. The quantitative estimate of drug-likeness (QED) is 0.378. The molecule has 0 aliphatic heterocycles. The summed E-state index contributed by atoms with van der Waals surface area (Å²) in [4.78, 5) is 2.82. The van der Waals surface area contributed by atoms with Crippen LogP contribution in [0.15, 0.2) is 24.3 Å². The SMILES string of the molecule is N#[N+]c1ccccc1O.O=S(=O)([O-])O. The highest BCUT2D eigenvalue weighted by atomic mass is 32.3. The number of nitrogens with zero attached hydrogens (tertiary/aromatic N) is 2. The molecule has 0 heterocycles. The molecule has 0 fully saturated rings. The Morgan fingerprint density at radius 1 is 1.36 bits per heavy atom. The number of aromatic hydroxyl groups is 1. The number of rotatable bonds is 0. The molecule has 14 heavy (non-hydrogen) atoms. The van der Waals surface area contributed by atoms with E-state index in [1.54, 1.807) is 12.1 Å². The van der Waals surface area contributed by atoms with E-state index in [4.69, 9.17) is 28.0 Å². The molecule has 0 spiro atoms. The second-order valence-electron chi connectivity index (χ2n) is 2.02. The van der Waals surface area contributed by atoms with Crippen LogP contribution in [0.1, 0.15) is 0 Å². The Bertz CT molecular complexity index is 428. The summed E-state index contributed by atoms with van der Waals surface area (Å²) in [6.07, 6.45) is 0. The van der Waals surface area contributed by atoms with Gasteiger partial charge in [0.25, 0.3) is 0 Å². The zero-order valence-electron chi connectivity index (χ0n) is 6.73. The number of hydrogen-bond acceptors (Lipinski definition) is 5. The molecule has 0 radical (unpaired) electrons. The van der Waals surface area contributed by atoms with E-state index in [0.29, 0.717) is 0 Å². The van der Waals surface area contributed by atoms with Gasteiger partial charge in [0.2, 0.25) is 21.5 Å². The Labute approximate surface area is 79.8 Å². The van der Waals surface area contributed by atoms with E-state index >= 15 is 0 Å². The van der Waals surface area contributed by atoms with E-state index in [1.165, 1.54) is 12.1 Å². The molecule has 0 amide bonds. The molecule has 2 N–H and O–H groups in total. The van der Waals surface area contributed by atoms with Crippen LogP contribution in [-0.4, -0.2) is 22.6 Å². The van der Waals surface area contributed by atoms with Crippen LogP contribution in [0.3, 0.4) is 0 Å². The lowest BCUT2D eigenvalue weighted by Gasteiger charge is -1.88. The van der Waals surface area contributed by atoms with Crippen LogP contribution >= 0.6 is 0 Å². The monoisotopic (exact) mass is 218 g/mol. The third-order valence-corrected chi connectivity index (χ3v) is 0.989. The smallest absolute Gasteiger partial charge is 0.426 e. The van der Waals surface area contributed by atoms with Crippen LogP contribution in [0.25, 0.3) is 4.98 Å². The van der Waals surface area contributed by atoms with Crippen LogP contribution in [-0.2, 0) is 10.4 Å². The molecule has 8 heteroatoms. The number of phenolic OH excluding ortho intramolecular Hbond substituents is 1. The van der Waals surface area contributed by atoms with Crippen molar-refractivity contribution in [1.29, 1.82) is 5.39 Å². The fraction of sp³-hybridized carbons (Fsp3) is 0. The summed E-state index contributed by atoms with van der Waals surface area (Å²) >= 11 is 0. The molecule has 0 atom stereocenters. The molecule has 1 aromatic carbocycles. The fourth-order valence-corrected chi connectivity index (χ4v) is 0.549. The van der Waals surface area contributed by atoms with Crippen molar-refractivity contribution in [3.63, 3.8) is 0 Å². The molecule has 7 nitrogen and oxygen atoms in total. The Morgan fingerprint density at radius 3 is 2.07 bits per heavy atom. The maximum atomic E-state index is 8.86. The first-order valence-corrected chi connectivity index (χ1v) is 4.52. The molecule has 0 aliphatic rings. The average Bonchev–Trinajstić information content (AvgIpc) is 2.02. The van der Waals surface area contributed by atoms with Crippen molar-refractivity contribution in [1.82, 2.24) is 0 Å². The van der Waals surface area contributed by atoms with Crippen molar-refractivity contribution >= 4 is 16.1 Å². The second-order valence-corrected chi connectivity index (χ2v) is 2.87. The summed E-state index contributed by atoms with van der Waals surface area (Å²) < 4.78 is 32.8. The first-order valence-electron chi connectivity index (χ1n) is 3.16. The van der Waals surface area contributed by atoms with Crippen molar-refractivity contribution < 1.29 is 22.6 Å². The summed E-state index contributed by atoms with van der Waals surface area (Å²) in [5.41, 5.74) is 0.192. The van der Waals surface area contributed by atoms with Gasteiger partial charge in [-0.15, -0.1) is 0 Å². The van der Waals surface area contributed by atoms with Crippen LogP contribution < -0.4 is 0 Å². The summed E-state index contributed by atoms with van der Waals surface area (Å²) in [6, 6.07) is 6.29. The van der Waals surface area contributed by atoms with Gasteiger partial charge in [-0.25, -0.2) is 8.42 Å². The lowest BCUT2D eigenvalue weighted by Crippen LogP contribution is -1.90. The van der Waals surface area contributed by atoms with Gasteiger partial charge in [0, 0.05) is 6.07 Å². The summed E-state index contributed by atoms with van der Waals surface area (Å²) in [6.45, 7) is 0. The predicted molar refractivity (Wildman–Crippen MR) is 45.2 cm³/mol. The van der Waals surface area contributed by atoms with Gasteiger partial charge in [0.1, 0.15) is 0 Å². The van der Waals surface area contributed by atoms with Crippen LogP contribution in [0.4, 0.5) is 5.69 Å². The van der Waals surface area contributed by atoms with Crippen molar-refractivity contribution in [3.05, 3.63) is 29.2 Å². The Balaban J connectivity index is 0.000000292. The first kappa shape index (κ1) is 12.3. The van der Waals surface area contributed by atoms with E-state index < -0.39 is 10.4 Å². The Kier molecular flexibility index (Phi) is 4.51. The molecule has 1 aromatic rings. The van der Waals surface area contributed by atoms with Gasteiger partial charge in [-0.3, -0.25) is 4.55 Å². The molecule has 0 unspecified atom stereocenters. The minimum Gasteiger partial charge on any atom is -0.726 e. The largest absolute Gasteiger partial charge is 0.726 e. The van der Waals surface area contributed by atoms with Gasteiger partial charge in [0.15, 0.2) is 4.98 Å². The van der Waals surface area contributed by atoms with E-state index in [1.807, 2.05) is 0 Å². The molecule has 76 valence electrons. The molecule has 1 rings (SSSR count). The van der Waals surface area contributed by atoms with Gasteiger partial charge >= 0.3 is 5.69 Å². The highest BCUT2D eigenvalue weighted by Gasteiger charge is 2.08. The average molecular weight is 218 g/mol. The molecule has 0 saturated heterocycles. The van der Waals surface area contributed by atoms with E-state index in [2.05, 4.69) is 4.98 Å². The maximum Gasteiger partial charge on any atom is 0.426 e. The highest BCUT2D eigenvalue weighted by molar-refractivity contribution is 7.79. The summed E-state index contributed by atoms with van der Waals surface area (Å²) in [5, 5.41) is 17.0. The lowest BCUT2D eigenvalue weighted by molar-refractivity contribution is 0.366. The number of hydrogen-bond donors (Lipinski definition) is 2. The van der Waals surface area contributed by atoms with Gasteiger partial charge in [-0.2, -0.15) is 0 Å². The van der Waals surface area contributed by atoms with Gasteiger partial charge in [-0.05, 0) is 6.07 Å². The third-order valence-electron chi connectivity index (χ3n) is 0.989. The zero-order valence-corrected chi connectivity index (χ0v) is 7.55. The molecular weight excluding hydrogens is 212 g/mol. The maximum absolute atomic E-state index is 8.86. The minimum atomic E-state index is -4.92. The van der Waals surface area contributed by atoms with Crippen LogP contribution in [0, 0.1) is 5.39 Å². The first-order chi connectivity index (χ1) is 6.34. The third kappa shape index (κ3) is 6.99. The zero-order chi connectivity index (χ0) is 11.2. The van der Waals surface area contributed by atoms with Gasteiger partial charge < -0.3 is 9.66 Å². The van der Waals surface area contributed by atoms with Crippen LogP contribution in [0.2, 0.25) is 0 Å². The van der Waals surface area contributed by atoms with Crippen molar-refractivity contribution in [2.24, 2.45) is 0 Å². The topological polar surface area (TPSA) is 126 Å². The van der Waals surface area contributed by atoms with Crippen LogP contribution in [0.5, 0.6) is 5.75 Å². The lowest BCUT2D eigenvalue weighted by atomic mass is 10.3. The normalized spacial score (nSPS) is 9.50. The molecule has 0 aliphatic carbocycles. The standard InChI is InChI=1S/C6H4N2O.H2O4S/c7-8-5-3-1-2-4-6(5)9;1-5(2,3)4/h1-4H;(H2,1,2,3,4).